The van der Waals surface area contributed by atoms with Gasteiger partial charge in [-0.15, -0.1) is 0 Å². The molecular weight excluding hydrogens is 685 g/mol. The van der Waals surface area contributed by atoms with Gasteiger partial charge in [0, 0.05) is 19.6 Å². The summed E-state index contributed by atoms with van der Waals surface area (Å²) in [4.78, 5) is 22.5. The fraction of sp³-hybridized carbons (Fsp3) is 0.932. The average Bonchev–Trinajstić information content (AvgIpc) is 3.15. The van der Waals surface area contributed by atoms with Crippen LogP contribution in [0.25, 0.3) is 0 Å². The molecule has 0 radical (unpaired) electrons. The Balaban J connectivity index is 3.93. The summed E-state index contributed by atoms with van der Waals surface area (Å²) in [5.74, 6) is -0.327. The van der Waals surface area contributed by atoms with Gasteiger partial charge in [-0.2, -0.15) is 0 Å². The van der Waals surface area contributed by atoms with Crippen molar-refractivity contribution in [2.45, 2.75) is 232 Å². The Morgan fingerprint density at radius 3 is 1.42 bits per heavy atom. The van der Waals surface area contributed by atoms with E-state index in [1.807, 2.05) is 0 Å². The zero-order chi connectivity index (χ0) is 38.8. The molecule has 0 fully saturated rings. The summed E-state index contributed by atoms with van der Waals surface area (Å²) < 4.78 is 33.4. The number of carbonyl (C=O) groups is 1. The number of esters is 1. The summed E-state index contributed by atoms with van der Waals surface area (Å²) in [6, 6.07) is 0. The number of nitrogens with two attached hydrogens (primary N) is 1. The van der Waals surface area contributed by atoms with Crippen LogP contribution >= 0.6 is 7.82 Å². The first-order valence-electron chi connectivity index (χ1n) is 22.7. The SMILES string of the molecule is CCCCC/C=C\CCCCCCCCOCC(COP(=O)(O)OCCN)OC(=O)CCCCCCCCCCCCCCCCCCCCCCC. The number of phosphoric ester groups is 1. The molecule has 0 saturated heterocycles. The summed E-state index contributed by atoms with van der Waals surface area (Å²) >= 11 is 0. The Labute approximate surface area is 328 Å². The molecule has 9 heteroatoms. The standard InChI is InChI=1S/C44H88NO7P/c1-3-5-7-9-11-13-15-17-18-19-20-21-22-23-24-25-27-29-31-33-35-37-44(46)52-43(42-51-53(47,48)50-40-38-45)41-49-39-36-34-32-30-28-26-16-14-12-10-8-6-4-2/h12,14,43H,3-11,13,15-42,45H2,1-2H3,(H,47,48)/b14-12-. The number of allylic oxidation sites excluding steroid dienone is 2. The third-order valence-corrected chi connectivity index (χ3v) is 10.9. The van der Waals surface area contributed by atoms with Crippen LogP contribution in [0.2, 0.25) is 0 Å². The number of phosphoric acid groups is 1. The van der Waals surface area contributed by atoms with Crippen LogP contribution in [0.1, 0.15) is 226 Å². The maximum Gasteiger partial charge on any atom is 0.472 e. The first kappa shape index (κ1) is 52.2. The zero-order valence-corrected chi connectivity index (χ0v) is 35.9. The lowest BCUT2D eigenvalue weighted by Crippen LogP contribution is -2.28. The van der Waals surface area contributed by atoms with Crippen molar-refractivity contribution in [3.05, 3.63) is 12.2 Å². The van der Waals surface area contributed by atoms with Gasteiger partial charge in [0.05, 0.1) is 19.8 Å². The lowest BCUT2D eigenvalue weighted by molar-refractivity contribution is -0.154. The lowest BCUT2D eigenvalue weighted by Gasteiger charge is -2.20. The summed E-state index contributed by atoms with van der Waals surface area (Å²) in [6.45, 7) is 4.93. The maximum absolute atomic E-state index is 12.6. The van der Waals surface area contributed by atoms with Crippen molar-refractivity contribution in [3.63, 3.8) is 0 Å². The highest BCUT2D eigenvalue weighted by Gasteiger charge is 2.25. The minimum Gasteiger partial charge on any atom is -0.457 e. The van der Waals surface area contributed by atoms with E-state index in [2.05, 4.69) is 26.0 Å². The fourth-order valence-electron chi connectivity index (χ4n) is 6.58. The molecular formula is C44H88NO7P. The molecule has 2 unspecified atom stereocenters. The van der Waals surface area contributed by atoms with Crippen molar-refractivity contribution in [1.82, 2.24) is 0 Å². The summed E-state index contributed by atoms with van der Waals surface area (Å²) in [7, 11) is -4.27. The Morgan fingerprint density at radius 1 is 0.547 bits per heavy atom. The quantitative estimate of drug-likeness (QED) is 0.0272. The van der Waals surface area contributed by atoms with Crippen LogP contribution in [0.4, 0.5) is 0 Å². The number of carbonyl (C=O) groups excluding carboxylic acids is 1. The van der Waals surface area contributed by atoms with Gasteiger partial charge in [0.2, 0.25) is 0 Å². The second-order valence-electron chi connectivity index (χ2n) is 15.3. The van der Waals surface area contributed by atoms with Gasteiger partial charge in [-0.1, -0.05) is 193 Å². The van der Waals surface area contributed by atoms with Crippen LogP contribution < -0.4 is 5.73 Å². The second kappa shape index (κ2) is 42.4. The predicted octanol–water partition coefficient (Wildman–Crippen LogP) is 13.5. The van der Waals surface area contributed by atoms with Crippen molar-refractivity contribution in [2.24, 2.45) is 5.73 Å². The molecule has 2 atom stereocenters. The molecule has 0 aromatic carbocycles. The van der Waals surface area contributed by atoms with Gasteiger partial charge in [0.15, 0.2) is 0 Å². The molecule has 0 aromatic rings. The van der Waals surface area contributed by atoms with Gasteiger partial charge in [-0.05, 0) is 38.5 Å². The molecule has 0 heterocycles. The van der Waals surface area contributed by atoms with Crippen molar-refractivity contribution < 1.29 is 32.8 Å². The molecule has 0 spiro atoms. The van der Waals surface area contributed by atoms with Gasteiger partial charge in [-0.3, -0.25) is 13.8 Å². The Morgan fingerprint density at radius 2 is 0.943 bits per heavy atom. The minimum atomic E-state index is -4.27. The molecule has 0 rings (SSSR count). The van der Waals surface area contributed by atoms with Gasteiger partial charge in [0.1, 0.15) is 6.10 Å². The van der Waals surface area contributed by atoms with Gasteiger partial charge >= 0.3 is 13.8 Å². The van der Waals surface area contributed by atoms with Gasteiger partial charge < -0.3 is 20.1 Å². The topological polar surface area (TPSA) is 117 Å². The molecule has 53 heavy (non-hydrogen) atoms. The third-order valence-electron chi connectivity index (χ3n) is 9.93. The molecule has 0 aromatic heterocycles. The first-order chi connectivity index (χ1) is 25.9. The number of hydrogen-bond donors (Lipinski definition) is 2. The van der Waals surface area contributed by atoms with Crippen molar-refractivity contribution in [1.29, 1.82) is 0 Å². The Bertz CT molecular complexity index is 828. The monoisotopic (exact) mass is 774 g/mol. The van der Waals surface area contributed by atoms with Crippen LogP contribution in [-0.4, -0.2) is 49.9 Å². The van der Waals surface area contributed by atoms with E-state index in [-0.39, 0.29) is 32.3 Å². The summed E-state index contributed by atoms with van der Waals surface area (Å²) in [5.41, 5.74) is 5.37. The van der Waals surface area contributed by atoms with E-state index >= 15 is 0 Å². The summed E-state index contributed by atoms with van der Waals surface area (Å²) in [6.07, 6.45) is 45.2. The average molecular weight is 774 g/mol. The highest BCUT2D eigenvalue weighted by Crippen LogP contribution is 2.43. The molecule has 0 aliphatic carbocycles. The molecule has 3 N–H and O–H groups in total. The number of hydrogen-bond acceptors (Lipinski definition) is 7. The normalized spacial score (nSPS) is 13.5. The van der Waals surface area contributed by atoms with Crippen LogP contribution in [0, 0.1) is 0 Å². The third kappa shape index (κ3) is 42.2. The second-order valence-corrected chi connectivity index (χ2v) is 16.7. The molecule has 0 bridgehead atoms. The molecule has 0 saturated carbocycles. The van der Waals surface area contributed by atoms with E-state index in [0.717, 1.165) is 32.1 Å². The van der Waals surface area contributed by atoms with E-state index in [1.54, 1.807) is 0 Å². The number of unbranched alkanes of at least 4 members (excludes halogenated alkanes) is 29. The van der Waals surface area contributed by atoms with Crippen LogP contribution in [-0.2, 0) is 27.9 Å². The highest BCUT2D eigenvalue weighted by molar-refractivity contribution is 7.47. The number of rotatable bonds is 44. The summed E-state index contributed by atoms with van der Waals surface area (Å²) in [5, 5.41) is 0. The Hall–Kier alpha value is -0.760. The highest BCUT2D eigenvalue weighted by atomic mass is 31.2. The molecule has 0 aliphatic heterocycles. The largest absolute Gasteiger partial charge is 0.472 e. The minimum absolute atomic E-state index is 0.0933. The van der Waals surface area contributed by atoms with E-state index in [1.165, 1.54) is 173 Å². The molecule has 0 amide bonds. The maximum atomic E-state index is 12.6. The van der Waals surface area contributed by atoms with Crippen LogP contribution in [0.3, 0.4) is 0 Å². The Kier molecular flexibility index (Phi) is 41.8. The first-order valence-corrected chi connectivity index (χ1v) is 24.2. The van der Waals surface area contributed by atoms with Crippen molar-refractivity contribution in [3.8, 4) is 0 Å². The van der Waals surface area contributed by atoms with Crippen LogP contribution in [0.5, 0.6) is 0 Å². The predicted molar refractivity (Wildman–Crippen MR) is 224 cm³/mol. The molecule has 0 aliphatic rings. The lowest BCUT2D eigenvalue weighted by atomic mass is 10.0. The zero-order valence-electron chi connectivity index (χ0n) is 35.0. The van der Waals surface area contributed by atoms with E-state index in [9.17, 15) is 14.3 Å². The number of ether oxygens (including phenoxy) is 2. The fourth-order valence-corrected chi connectivity index (χ4v) is 7.35. The smallest absolute Gasteiger partial charge is 0.457 e. The van der Waals surface area contributed by atoms with Crippen molar-refractivity contribution >= 4 is 13.8 Å². The van der Waals surface area contributed by atoms with E-state index in [0.29, 0.717) is 13.0 Å². The van der Waals surface area contributed by atoms with E-state index < -0.39 is 13.9 Å². The van der Waals surface area contributed by atoms with Gasteiger partial charge in [0.25, 0.3) is 0 Å². The molecule has 316 valence electrons. The van der Waals surface area contributed by atoms with E-state index in [4.69, 9.17) is 24.3 Å². The van der Waals surface area contributed by atoms with Gasteiger partial charge in [-0.25, -0.2) is 4.57 Å². The van der Waals surface area contributed by atoms with Crippen molar-refractivity contribution in [2.75, 3.05) is 33.0 Å². The van der Waals surface area contributed by atoms with Crippen LogP contribution in [0.15, 0.2) is 12.2 Å². The molecule has 8 nitrogen and oxygen atoms in total.